The highest BCUT2D eigenvalue weighted by Crippen LogP contribution is 2.33. The molecule has 0 bridgehead atoms. The number of rotatable bonds is 7. The van der Waals surface area contributed by atoms with E-state index in [0.717, 1.165) is 42.1 Å². The highest BCUT2D eigenvalue weighted by atomic mass is 32.2. The number of pyridine rings is 1. The van der Waals surface area contributed by atoms with E-state index >= 15 is 0 Å². The first kappa shape index (κ1) is 25.9. The van der Waals surface area contributed by atoms with Crippen molar-refractivity contribution in [3.63, 3.8) is 0 Å². The summed E-state index contributed by atoms with van der Waals surface area (Å²) in [6, 6.07) is 11.5. The largest absolute Gasteiger partial charge is 0.507 e. The number of benzene rings is 2. The van der Waals surface area contributed by atoms with Crippen molar-refractivity contribution in [1.29, 1.82) is 0 Å². The quantitative estimate of drug-likeness (QED) is 0.292. The maximum Gasteiger partial charge on any atom is 0.339 e. The number of carbonyl (C=O) groups is 3. The molecule has 2 heterocycles. The summed E-state index contributed by atoms with van der Waals surface area (Å²) in [5, 5.41) is 21.2. The second-order valence-electron chi connectivity index (χ2n) is 7.77. The lowest BCUT2D eigenvalue weighted by atomic mass is 10.1. The molecule has 0 saturated carbocycles. The zero-order valence-corrected chi connectivity index (χ0v) is 20.4. The van der Waals surface area contributed by atoms with Gasteiger partial charge in [0, 0.05) is 36.3 Å². The van der Waals surface area contributed by atoms with E-state index in [-0.39, 0.29) is 39.0 Å². The normalized spacial score (nSPS) is 14.3. The lowest BCUT2D eigenvalue weighted by Crippen LogP contribution is -2.31. The van der Waals surface area contributed by atoms with E-state index in [9.17, 15) is 28.3 Å². The minimum absolute atomic E-state index is 0.0108. The molecule has 1 aromatic heterocycles. The third kappa shape index (κ3) is 6.16. The molecule has 8 nitrogen and oxygen atoms in total. The lowest BCUT2D eigenvalue weighted by molar-refractivity contribution is -0.122. The van der Waals surface area contributed by atoms with Gasteiger partial charge in [-0.05, 0) is 42.5 Å². The first-order valence-corrected chi connectivity index (χ1v) is 11.9. The fourth-order valence-electron chi connectivity index (χ4n) is 3.45. The molecule has 3 N–H and O–H groups in total. The molecule has 3 aromatic rings. The van der Waals surface area contributed by atoms with E-state index < -0.39 is 35.2 Å². The van der Waals surface area contributed by atoms with Gasteiger partial charge in [0.25, 0.3) is 5.91 Å². The monoisotopic (exact) mass is 541 g/mol. The molecule has 188 valence electrons. The van der Waals surface area contributed by atoms with Crippen molar-refractivity contribution >= 4 is 57.8 Å². The Labute approximate surface area is 218 Å². The Balaban J connectivity index is 1.41. The van der Waals surface area contributed by atoms with E-state index in [2.05, 4.69) is 10.3 Å². The number of nitrogens with one attached hydrogen (secondary N) is 1. The summed E-state index contributed by atoms with van der Waals surface area (Å²) in [6.45, 7) is -0.0108. The Morgan fingerprint density at radius 1 is 1.11 bits per heavy atom. The second-order valence-corrected chi connectivity index (χ2v) is 9.45. The van der Waals surface area contributed by atoms with Gasteiger partial charge in [-0.1, -0.05) is 30.0 Å². The number of aromatic nitrogens is 1. The van der Waals surface area contributed by atoms with Gasteiger partial charge in [0.05, 0.1) is 16.3 Å². The number of anilines is 1. The maximum absolute atomic E-state index is 13.6. The van der Waals surface area contributed by atoms with Crippen LogP contribution in [0.5, 0.6) is 5.75 Å². The number of thioether (sulfide) groups is 1. The molecular formula is C25H17F2N3O5S2. The summed E-state index contributed by atoms with van der Waals surface area (Å²) in [5.41, 5.74) is 0.844. The van der Waals surface area contributed by atoms with Crippen LogP contribution < -0.4 is 5.32 Å². The van der Waals surface area contributed by atoms with Crippen LogP contribution in [0.15, 0.2) is 59.5 Å². The number of carboxylic acids is 1. The zero-order valence-electron chi connectivity index (χ0n) is 18.8. The van der Waals surface area contributed by atoms with E-state index in [0.29, 0.717) is 11.4 Å². The van der Waals surface area contributed by atoms with Crippen LogP contribution in [0.4, 0.5) is 14.5 Å². The molecule has 12 heteroatoms. The summed E-state index contributed by atoms with van der Waals surface area (Å²) >= 11 is 6.32. The SMILES string of the molecule is O=C(CCN1C(=O)C(=Cc2cccc(-c3cc(F)cc(F)c3)n2)SC1=S)Nc1ccc(C(=O)O)c(O)c1. The summed E-state index contributed by atoms with van der Waals surface area (Å²) in [6.07, 6.45) is 1.39. The van der Waals surface area contributed by atoms with Crippen LogP contribution in [0, 0.1) is 11.6 Å². The van der Waals surface area contributed by atoms with Gasteiger partial charge < -0.3 is 15.5 Å². The van der Waals surface area contributed by atoms with Gasteiger partial charge in [0.2, 0.25) is 5.91 Å². The molecule has 0 unspecified atom stereocenters. The average molecular weight is 542 g/mol. The molecular weight excluding hydrogens is 524 g/mol. The number of phenols is 1. The van der Waals surface area contributed by atoms with Gasteiger partial charge >= 0.3 is 5.97 Å². The van der Waals surface area contributed by atoms with Crippen LogP contribution in [-0.4, -0.2) is 48.7 Å². The summed E-state index contributed by atoms with van der Waals surface area (Å²) in [5.74, 6) is -4.16. The minimum Gasteiger partial charge on any atom is -0.507 e. The fraction of sp³-hybridized carbons (Fsp3) is 0.0800. The predicted octanol–water partition coefficient (Wildman–Crippen LogP) is 4.66. The Morgan fingerprint density at radius 3 is 2.51 bits per heavy atom. The lowest BCUT2D eigenvalue weighted by Gasteiger charge is -2.14. The standard InChI is InChI=1S/C25H17F2N3O5S2/c26-14-8-13(9-15(27)10-14)19-3-1-2-16(28-19)12-21-23(33)30(25(36)37-21)7-6-22(32)29-17-4-5-18(24(34)35)20(31)11-17/h1-5,8-12,31H,6-7H2,(H,29,32)(H,34,35). The number of carboxylic acid groups (broad SMARTS) is 1. The molecule has 1 saturated heterocycles. The fourth-order valence-corrected chi connectivity index (χ4v) is 4.74. The number of nitrogens with zero attached hydrogens (tertiary/aromatic N) is 2. The molecule has 0 spiro atoms. The number of halogens is 2. The number of amides is 2. The van der Waals surface area contributed by atoms with Gasteiger partial charge in [-0.3, -0.25) is 14.5 Å². The molecule has 0 atom stereocenters. The average Bonchev–Trinajstić information content (AvgIpc) is 3.09. The van der Waals surface area contributed by atoms with Crippen molar-refractivity contribution in [2.75, 3.05) is 11.9 Å². The van der Waals surface area contributed by atoms with Crippen LogP contribution in [0.3, 0.4) is 0 Å². The Kier molecular flexibility index (Phi) is 7.60. The number of hydrogen-bond acceptors (Lipinski definition) is 7. The van der Waals surface area contributed by atoms with Crippen molar-refractivity contribution in [2.24, 2.45) is 0 Å². The predicted molar refractivity (Wildman–Crippen MR) is 138 cm³/mol. The van der Waals surface area contributed by atoms with E-state index in [1.54, 1.807) is 18.2 Å². The first-order valence-electron chi connectivity index (χ1n) is 10.7. The van der Waals surface area contributed by atoms with Crippen LogP contribution >= 0.6 is 24.0 Å². The van der Waals surface area contributed by atoms with Crippen molar-refractivity contribution in [2.45, 2.75) is 6.42 Å². The number of carbonyl (C=O) groups excluding carboxylic acids is 2. The van der Waals surface area contributed by atoms with Crippen molar-refractivity contribution in [1.82, 2.24) is 9.88 Å². The smallest absolute Gasteiger partial charge is 0.339 e. The molecule has 1 aliphatic heterocycles. The second kappa shape index (κ2) is 10.8. The Morgan fingerprint density at radius 2 is 1.84 bits per heavy atom. The Bertz CT molecular complexity index is 1460. The van der Waals surface area contributed by atoms with E-state index in [1.165, 1.54) is 17.0 Å². The summed E-state index contributed by atoms with van der Waals surface area (Å²) < 4.78 is 27.4. The molecule has 0 aliphatic carbocycles. The highest BCUT2D eigenvalue weighted by molar-refractivity contribution is 8.26. The molecule has 37 heavy (non-hydrogen) atoms. The van der Waals surface area contributed by atoms with Crippen LogP contribution in [0.25, 0.3) is 17.3 Å². The minimum atomic E-state index is -1.30. The number of aromatic hydroxyl groups is 1. The summed E-state index contributed by atoms with van der Waals surface area (Å²) in [4.78, 5) is 42.1. The van der Waals surface area contributed by atoms with Crippen LogP contribution in [0.2, 0.25) is 0 Å². The van der Waals surface area contributed by atoms with E-state index in [4.69, 9.17) is 17.3 Å². The molecule has 1 aliphatic rings. The van der Waals surface area contributed by atoms with Gasteiger partial charge in [0.15, 0.2) is 0 Å². The Hall–Kier alpha value is -4.16. The maximum atomic E-state index is 13.6. The van der Waals surface area contributed by atoms with Gasteiger partial charge in [-0.2, -0.15) is 0 Å². The van der Waals surface area contributed by atoms with Gasteiger partial charge in [-0.25, -0.2) is 18.6 Å². The van der Waals surface area contributed by atoms with Crippen LogP contribution in [0.1, 0.15) is 22.5 Å². The highest BCUT2D eigenvalue weighted by Gasteiger charge is 2.32. The summed E-state index contributed by atoms with van der Waals surface area (Å²) in [7, 11) is 0. The third-order valence-corrected chi connectivity index (χ3v) is 6.53. The van der Waals surface area contributed by atoms with Gasteiger partial charge in [0.1, 0.15) is 27.3 Å². The molecule has 4 rings (SSSR count). The topological polar surface area (TPSA) is 120 Å². The molecule has 2 aromatic carbocycles. The number of hydrogen-bond donors (Lipinski definition) is 3. The molecule has 2 amide bonds. The van der Waals surface area contributed by atoms with Crippen molar-refractivity contribution in [3.8, 4) is 17.0 Å². The zero-order chi connectivity index (χ0) is 26.7. The molecule has 0 radical (unpaired) electrons. The van der Waals surface area contributed by atoms with Crippen LogP contribution in [-0.2, 0) is 9.59 Å². The first-order chi connectivity index (χ1) is 17.6. The van der Waals surface area contributed by atoms with Gasteiger partial charge in [-0.15, -0.1) is 0 Å². The number of thiocarbonyl (C=S) groups is 1. The van der Waals surface area contributed by atoms with Crippen molar-refractivity contribution in [3.05, 3.63) is 82.4 Å². The number of aromatic carboxylic acids is 1. The van der Waals surface area contributed by atoms with E-state index in [1.807, 2.05) is 0 Å². The third-order valence-electron chi connectivity index (χ3n) is 5.16. The molecule has 1 fully saturated rings. The van der Waals surface area contributed by atoms with Crippen molar-refractivity contribution < 1.29 is 33.4 Å².